The minimum absolute atomic E-state index is 0.0660. The highest BCUT2D eigenvalue weighted by atomic mass is 19.1. The number of primary amides is 1. The molecule has 0 fully saturated rings. The molecule has 0 bridgehead atoms. The van der Waals surface area contributed by atoms with Gasteiger partial charge in [-0.05, 0) is 49.2 Å². The maximum atomic E-state index is 13.6. The van der Waals surface area contributed by atoms with Gasteiger partial charge in [-0.2, -0.15) is 0 Å². The first-order valence-electron chi connectivity index (χ1n) is 11.2. The fourth-order valence-corrected chi connectivity index (χ4v) is 3.38. The summed E-state index contributed by atoms with van der Waals surface area (Å²) in [4.78, 5) is 33.9. The van der Waals surface area contributed by atoms with Gasteiger partial charge in [-0.3, -0.25) is 9.59 Å². The van der Waals surface area contributed by atoms with Gasteiger partial charge in [-0.1, -0.05) is 60.7 Å². The maximum Gasteiger partial charge on any atom is 0.326 e. The second-order valence-corrected chi connectivity index (χ2v) is 7.97. The van der Waals surface area contributed by atoms with E-state index in [2.05, 4.69) is 5.32 Å². The molecule has 3 aromatic rings. The van der Waals surface area contributed by atoms with Crippen molar-refractivity contribution in [1.29, 1.82) is 0 Å². The van der Waals surface area contributed by atoms with Crippen LogP contribution in [0.4, 0.5) is 4.39 Å². The largest absolute Gasteiger partial charge is 0.480 e. The van der Waals surface area contributed by atoms with Crippen LogP contribution in [0, 0.1) is 5.82 Å². The first-order chi connectivity index (χ1) is 16.7. The van der Waals surface area contributed by atoms with E-state index in [1.54, 1.807) is 24.3 Å². The summed E-state index contributed by atoms with van der Waals surface area (Å²) in [6.07, 6.45) is 1.99. The summed E-state index contributed by atoms with van der Waals surface area (Å²) in [6, 6.07) is 17.9. The molecule has 3 aromatic carbocycles. The Morgan fingerprint density at radius 1 is 0.943 bits per heavy atom. The first kappa shape index (κ1) is 27.4. The third kappa shape index (κ3) is 8.47. The Morgan fingerprint density at radius 3 is 2.23 bits per heavy atom. The van der Waals surface area contributed by atoms with Crippen molar-refractivity contribution in [3.63, 3.8) is 0 Å². The van der Waals surface area contributed by atoms with Gasteiger partial charge in [-0.25, -0.2) is 9.18 Å². The number of hydrogen-bond acceptors (Lipinski definition) is 5. The van der Waals surface area contributed by atoms with E-state index < -0.39 is 35.7 Å². The second-order valence-electron chi connectivity index (χ2n) is 7.97. The Balaban J connectivity index is 0.000000266. The van der Waals surface area contributed by atoms with Crippen molar-refractivity contribution in [2.75, 3.05) is 6.54 Å². The SMILES string of the molecule is NC(=O)c1ccc2ccccc2c1F.NCCC[C@@H](N)C(=O)N[C@H](CCc1ccccc1)C(=O)O. The average molecular weight is 483 g/mol. The van der Waals surface area contributed by atoms with Crippen LogP contribution in [0.15, 0.2) is 66.7 Å². The van der Waals surface area contributed by atoms with Gasteiger partial charge < -0.3 is 27.6 Å². The number of nitrogens with one attached hydrogen (secondary N) is 1. The van der Waals surface area contributed by atoms with Crippen LogP contribution in [-0.2, 0) is 16.0 Å². The average Bonchev–Trinajstić information content (AvgIpc) is 2.85. The minimum atomic E-state index is -1.05. The van der Waals surface area contributed by atoms with E-state index in [1.807, 2.05) is 36.4 Å². The number of aliphatic carboxylic acids is 1. The van der Waals surface area contributed by atoms with Crippen LogP contribution in [0.1, 0.15) is 35.2 Å². The summed E-state index contributed by atoms with van der Waals surface area (Å²) in [5.41, 5.74) is 17.0. The van der Waals surface area contributed by atoms with E-state index in [4.69, 9.17) is 17.2 Å². The maximum absolute atomic E-state index is 13.6. The molecule has 0 unspecified atom stereocenters. The lowest BCUT2D eigenvalue weighted by atomic mass is 10.0. The molecular formula is C26H31FN4O4. The van der Waals surface area contributed by atoms with Crippen molar-refractivity contribution >= 4 is 28.6 Å². The third-order valence-electron chi connectivity index (χ3n) is 5.36. The topological polar surface area (TPSA) is 162 Å². The molecule has 0 aromatic heterocycles. The lowest BCUT2D eigenvalue weighted by molar-refractivity contribution is -0.142. The number of carbonyl (C=O) groups excluding carboxylic acids is 2. The van der Waals surface area contributed by atoms with E-state index in [9.17, 15) is 23.9 Å². The number of carbonyl (C=O) groups is 3. The zero-order valence-corrected chi connectivity index (χ0v) is 19.3. The van der Waals surface area contributed by atoms with E-state index in [-0.39, 0.29) is 5.56 Å². The van der Waals surface area contributed by atoms with E-state index >= 15 is 0 Å². The normalized spacial score (nSPS) is 12.2. The number of benzene rings is 3. The van der Waals surface area contributed by atoms with Crippen LogP contribution < -0.4 is 22.5 Å². The fourth-order valence-electron chi connectivity index (χ4n) is 3.38. The Labute approximate surface area is 203 Å². The van der Waals surface area contributed by atoms with E-state index in [0.717, 1.165) is 10.9 Å². The van der Waals surface area contributed by atoms with Crippen molar-refractivity contribution < 1.29 is 23.9 Å². The number of hydrogen-bond donors (Lipinski definition) is 5. The molecule has 0 aliphatic heterocycles. The number of fused-ring (bicyclic) bond motifs is 1. The van der Waals surface area contributed by atoms with Crippen LogP contribution in [0.2, 0.25) is 0 Å². The van der Waals surface area contributed by atoms with Crippen molar-refractivity contribution in [2.45, 2.75) is 37.8 Å². The monoisotopic (exact) mass is 482 g/mol. The number of amides is 2. The smallest absolute Gasteiger partial charge is 0.326 e. The molecule has 3 rings (SSSR count). The molecule has 2 atom stereocenters. The van der Waals surface area contributed by atoms with E-state index in [1.165, 1.54) is 6.07 Å². The summed E-state index contributed by atoms with van der Waals surface area (Å²) in [6.45, 7) is 0.456. The lowest BCUT2D eigenvalue weighted by Crippen LogP contribution is -2.48. The molecule has 8 nitrogen and oxygen atoms in total. The van der Waals surface area contributed by atoms with Gasteiger partial charge in [0.15, 0.2) is 0 Å². The van der Waals surface area contributed by atoms with Gasteiger partial charge in [0.05, 0.1) is 11.6 Å². The van der Waals surface area contributed by atoms with Gasteiger partial charge >= 0.3 is 5.97 Å². The standard InChI is InChI=1S/C15H23N3O3.C11H8FNO/c16-10-4-7-12(17)14(19)18-13(15(20)21)9-8-11-5-2-1-3-6-11;12-10-8-4-2-1-3-7(8)5-6-9(10)11(13)14/h1-3,5-6,12-13H,4,7-10,16-17H2,(H,18,19)(H,20,21);1-6H,(H2,13,14)/t12-,13-;/m1./s1. The number of halogens is 1. The number of aryl methyl sites for hydroxylation is 1. The predicted molar refractivity (Wildman–Crippen MR) is 133 cm³/mol. The Bertz CT molecular complexity index is 1140. The number of rotatable bonds is 10. The molecule has 0 saturated carbocycles. The quantitative estimate of drug-likeness (QED) is 0.298. The Morgan fingerprint density at radius 2 is 1.60 bits per heavy atom. The molecule has 0 saturated heterocycles. The highest BCUT2D eigenvalue weighted by Crippen LogP contribution is 2.20. The van der Waals surface area contributed by atoms with Crippen molar-refractivity contribution in [2.24, 2.45) is 17.2 Å². The van der Waals surface area contributed by atoms with Gasteiger partial charge in [0, 0.05) is 5.39 Å². The van der Waals surface area contributed by atoms with Crippen molar-refractivity contribution in [3.8, 4) is 0 Å². The molecule has 9 heteroatoms. The van der Waals surface area contributed by atoms with Gasteiger partial charge in [-0.15, -0.1) is 0 Å². The zero-order valence-electron chi connectivity index (χ0n) is 19.3. The molecule has 186 valence electrons. The lowest BCUT2D eigenvalue weighted by Gasteiger charge is -2.17. The van der Waals surface area contributed by atoms with Gasteiger partial charge in [0.1, 0.15) is 11.9 Å². The highest BCUT2D eigenvalue weighted by Gasteiger charge is 2.22. The van der Waals surface area contributed by atoms with E-state index in [0.29, 0.717) is 37.6 Å². The van der Waals surface area contributed by atoms with Gasteiger partial charge in [0.25, 0.3) is 5.91 Å². The Kier molecular flexibility index (Phi) is 10.8. The molecule has 35 heavy (non-hydrogen) atoms. The Hall–Kier alpha value is -3.82. The van der Waals surface area contributed by atoms with Crippen LogP contribution >= 0.6 is 0 Å². The summed E-state index contributed by atoms with van der Waals surface area (Å²) in [5, 5.41) is 12.9. The second kappa shape index (κ2) is 13.8. The van der Waals surface area contributed by atoms with Crippen molar-refractivity contribution in [3.05, 3.63) is 83.7 Å². The molecule has 0 aliphatic carbocycles. The fraction of sp³-hybridized carbons (Fsp3) is 0.269. The zero-order chi connectivity index (χ0) is 25.8. The summed E-state index contributed by atoms with van der Waals surface area (Å²) >= 11 is 0. The number of nitrogens with two attached hydrogens (primary N) is 3. The molecular weight excluding hydrogens is 451 g/mol. The minimum Gasteiger partial charge on any atom is -0.480 e. The molecule has 2 amide bonds. The molecule has 0 aliphatic rings. The number of carboxylic acid groups (broad SMARTS) is 1. The summed E-state index contributed by atoms with van der Waals surface area (Å²) in [7, 11) is 0. The molecule has 0 heterocycles. The summed E-state index contributed by atoms with van der Waals surface area (Å²) in [5.74, 6) is -2.78. The van der Waals surface area contributed by atoms with Crippen LogP contribution in [0.25, 0.3) is 10.8 Å². The van der Waals surface area contributed by atoms with Crippen LogP contribution in [0.5, 0.6) is 0 Å². The highest BCUT2D eigenvalue weighted by molar-refractivity contribution is 5.98. The van der Waals surface area contributed by atoms with Gasteiger partial charge in [0.2, 0.25) is 5.91 Å². The predicted octanol–water partition coefficient (Wildman–Crippen LogP) is 2.33. The summed E-state index contributed by atoms with van der Waals surface area (Å²) < 4.78 is 13.6. The van der Waals surface area contributed by atoms with Crippen LogP contribution in [-0.4, -0.2) is 41.5 Å². The number of carboxylic acids is 1. The van der Waals surface area contributed by atoms with Crippen molar-refractivity contribution in [1.82, 2.24) is 5.32 Å². The first-order valence-corrected chi connectivity index (χ1v) is 11.2. The third-order valence-corrected chi connectivity index (χ3v) is 5.36. The molecule has 8 N–H and O–H groups in total. The molecule has 0 radical (unpaired) electrons. The van der Waals surface area contributed by atoms with Crippen LogP contribution in [0.3, 0.4) is 0 Å². The molecule has 0 spiro atoms.